The molecule has 94 valence electrons. The van der Waals surface area contributed by atoms with Crippen LogP contribution in [0.5, 0.6) is 0 Å². The summed E-state index contributed by atoms with van der Waals surface area (Å²) in [4.78, 5) is 12.0. The summed E-state index contributed by atoms with van der Waals surface area (Å²) in [5, 5.41) is 7.62. The molecule has 5 heteroatoms. The third-order valence-electron chi connectivity index (χ3n) is 2.66. The first kappa shape index (κ1) is 12.6. The van der Waals surface area contributed by atoms with Crippen LogP contribution in [0.1, 0.15) is 21.6 Å². The largest absolute Gasteiger partial charge is 0.348 e. The summed E-state index contributed by atoms with van der Waals surface area (Å²) in [6, 6.07) is 7.44. The SMILES string of the molecule is Cc1nn(C)cc1C(=O)NCc1ccccc1Cl. The summed E-state index contributed by atoms with van der Waals surface area (Å²) >= 11 is 6.02. The lowest BCUT2D eigenvalue weighted by Crippen LogP contribution is -2.23. The minimum Gasteiger partial charge on any atom is -0.348 e. The Morgan fingerprint density at radius 2 is 2.17 bits per heavy atom. The third-order valence-corrected chi connectivity index (χ3v) is 3.02. The Balaban J connectivity index is 2.05. The van der Waals surface area contributed by atoms with Gasteiger partial charge in [-0.1, -0.05) is 29.8 Å². The lowest BCUT2D eigenvalue weighted by Gasteiger charge is -2.06. The Bertz CT molecular complexity index is 577. The van der Waals surface area contributed by atoms with Crippen molar-refractivity contribution >= 4 is 17.5 Å². The van der Waals surface area contributed by atoms with Gasteiger partial charge in [-0.25, -0.2) is 0 Å². The fraction of sp³-hybridized carbons (Fsp3) is 0.231. The van der Waals surface area contributed by atoms with Crippen molar-refractivity contribution in [2.75, 3.05) is 0 Å². The average Bonchev–Trinajstić information content (AvgIpc) is 2.67. The molecule has 0 aliphatic heterocycles. The predicted molar refractivity (Wildman–Crippen MR) is 70.6 cm³/mol. The highest BCUT2D eigenvalue weighted by atomic mass is 35.5. The lowest BCUT2D eigenvalue weighted by molar-refractivity contribution is 0.0950. The number of rotatable bonds is 3. The zero-order valence-electron chi connectivity index (χ0n) is 10.3. The molecule has 18 heavy (non-hydrogen) atoms. The number of nitrogens with zero attached hydrogens (tertiary/aromatic N) is 2. The van der Waals surface area contributed by atoms with Gasteiger partial charge in [0, 0.05) is 24.8 Å². The quantitative estimate of drug-likeness (QED) is 0.924. The van der Waals surface area contributed by atoms with Crippen LogP contribution < -0.4 is 5.32 Å². The van der Waals surface area contributed by atoms with Crippen molar-refractivity contribution in [3.8, 4) is 0 Å². The first-order valence-electron chi connectivity index (χ1n) is 5.60. The van der Waals surface area contributed by atoms with Crippen LogP contribution in [0.15, 0.2) is 30.5 Å². The van der Waals surface area contributed by atoms with E-state index >= 15 is 0 Å². The summed E-state index contributed by atoms with van der Waals surface area (Å²) in [6.45, 7) is 2.22. The van der Waals surface area contributed by atoms with E-state index in [1.807, 2.05) is 25.1 Å². The van der Waals surface area contributed by atoms with Crippen LogP contribution in [0.3, 0.4) is 0 Å². The van der Waals surface area contributed by atoms with Crippen molar-refractivity contribution < 1.29 is 4.79 Å². The van der Waals surface area contributed by atoms with Crippen LogP contribution in [-0.4, -0.2) is 15.7 Å². The number of nitrogens with one attached hydrogen (secondary N) is 1. The fourth-order valence-electron chi connectivity index (χ4n) is 1.74. The molecule has 1 amide bonds. The van der Waals surface area contributed by atoms with E-state index in [1.165, 1.54) is 0 Å². The number of carbonyl (C=O) groups excluding carboxylic acids is 1. The fourth-order valence-corrected chi connectivity index (χ4v) is 1.94. The van der Waals surface area contributed by atoms with E-state index in [2.05, 4.69) is 10.4 Å². The average molecular weight is 264 g/mol. The van der Waals surface area contributed by atoms with Gasteiger partial charge in [0.1, 0.15) is 0 Å². The van der Waals surface area contributed by atoms with Gasteiger partial charge in [-0.3, -0.25) is 9.48 Å². The van der Waals surface area contributed by atoms with Crippen molar-refractivity contribution in [3.05, 3.63) is 52.3 Å². The molecule has 0 aliphatic carbocycles. The monoisotopic (exact) mass is 263 g/mol. The van der Waals surface area contributed by atoms with Crippen molar-refractivity contribution in [1.82, 2.24) is 15.1 Å². The van der Waals surface area contributed by atoms with Crippen molar-refractivity contribution in [3.63, 3.8) is 0 Å². The van der Waals surface area contributed by atoms with Gasteiger partial charge < -0.3 is 5.32 Å². The summed E-state index contributed by atoms with van der Waals surface area (Å²) < 4.78 is 1.62. The standard InChI is InChI=1S/C13H14ClN3O/c1-9-11(8-17(2)16-9)13(18)15-7-10-5-3-4-6-12(10)14/h3-6,8H,7H2,1-2H3,(H,15,18). The molecule has 0 atom stereocenters. The molecule has 1 heterocycles. The first-order chi connectivity index (χ1) is 8.58. The molecule has 0 saturated heterocycles. The van der Waals surface area contributed by atoms with Crippen LogP contribution in [0.4, 0.5) is 0 Å². The van der Waals surface area contributed by atoms with Crippen LogP contribution >= 0.6 is 11.6 Å². The van der Waals surface area contributed by atoms with Gasteiger partial charge in [-0.05, 0) is 18.6 Å². The van der Waals surface area contributed by atoms with E-state index in [0.29, 0.717) is 22.8 Å². The van der Waals surface area contributed by atoms with E-state index in [9.17, 15) is 4.79 Å². The molecular weight excluding hydrogens is 250 g/mol. The normalized spacial score (nSPS) is 10.4. The Labute approximate surface area is 111 Å². The zero-order chi connectivity index (χ0) is 13.1. The highest BCUT2D eigenvalue weighted by Gasteiger charge is 2.12. The smallest absolute Gasteiger partial charge is 0.255 e. The van der Waals surface area contributed by atoms with Gasteiger partial charge in [0.05, 0.1) is 11.3 Å². The maximum absolute atomic E-state index is 12.0. The van der Waals surface area contributed by atoms with Crippen molar-refractivity contribution in [2.45, 2.75) is 13.5 Å². The van der Waals surface area contributed by atoms with E-state index in [1.54, 1.807) is 24.0 Å². The van der Waals surface area contributed by atoms with Gasteiger partial charge >= 0.3 is 0 Å². The van der Waals surface area contributed by atoms with Gasteiger partial charge in [-0.2, -0.15) is 5.10 Å². The molecule has 2 aromatic rings. The van der Waals surface area contributed by atoms with E-state index in [-0.39, 0.29) is 5.91 Å². The van der Waals surface area contributed by atoms with Crippen molar-refractivity contribution in [2.24, 2.45) is 7.05 Å². The van der Waals surface area contributed by atoms with Crippen molar-refractivity contribution in [1.29, 1.82) is 0 Å². The molecular formula is C13H14ClN3O. The van der Waals surface area contributed by atoms with Crippen LogP contribution in [0.2, 0.25) is 5.02 Å². The summed E-state index contributed by atoms with van der Waals surface area (Å²) in [6.07, 6.45) is 1.71. The van der Waals surface area contributed by atoms with Gasteiger partial charge in [0.25, 0.3) is 5.91 Å². The predicted octanol–water partition coefficient (Wildman–Crippen LogP) is 2.31. The number of hydrogen-bond acceptors (Lipinski definition) is 2. The second-order valence-corrected chi connectivity index (χ2v) is 4.48. The number of benzene rings is 1. The topological polar surface area (TPSA) is 46.9 Å². The molecule has 0 bridgehead atoms. The molecule has 1 aromatic heterocycles. The van der Waals surface area contributed by atoms with E-state index < -0.39 is 0 Å². The number of aromatic nitrogens is 2. The molecule has 2 rings (SSSR count). The Hall–Kier alpha value is -1.81. The summed E-state index contributed by atoms with van der Waals surface area (Å²) in [5.74, 6) is -0.138. The molecule has 1 N–H and O–H groups in total. The maximum Gasteiger partial charge on any atom is 0.255 e. The second kappa shape index (κ2) is 5.23. The first-order valence-corrected chi connectivity index (χ1v) is 5.97. The van der Waals surface area contributed by atoms with Crippen LogP contribution in [-0.2, 0) is 13.6 Å². The number of halogens is 1. The Kier molecular flexibility index (Phi) is 3.67. The van der Waals surface area contributed by atoms with Crippen LogP contribution in [0.25, 0.3) is 0 Å². The molecule has 0 saturated carbocycles. The Morgan fingerprint density at radius 3 is 2.78 bits per heavy atom. The maximum atomic E-state index is 12.0. The lowest BCUT2D eigenvalue weighted by atomic mass is 10.2. The van der Waals surface area contributed by atoms with Gasteiger partial charge in [-0.15, -0.1) is 0 Å². The number of aryl methyl sites for hydroxylation is 2. The highest BCUT2D eigenvalue weighted by molar-refractivity contribution is 6.31. The molecule has 0 radical (unpaired) electrons. The molecule has 0 spiro atoms. The minimum absolute atomic E-state index is 0.138. The van der Waals surface area contributed by atoms with Crippen LogP contribution in [0, 0.1) is 6.92 Å². The number of carbonyl (C=O) groups is 1. The summed E-state index contributed by atoms with van der Waals surface area (Å²) in [7, 11) is 1.79. The molecule has 1 aromatic carbocycles. The summed E-state index contributed by atoms with van der Waals surface area (Å²) in [5.41, 5.74) is 2.20. The molecule has 0 aliphatic rings. The van der Waals surface area contributed by atoms with Gasteiger partial charge in [0.2, 0.25) is 0 Å². The van der Waals surface area contributed by atoms with E-state index in [0.717, 1.165) is 5.56 Å². The molecule has 0 unspecified atom stereocenters. The zero-order valence-corrected chi connectivity index (χ0v) is 11.0. The van der Waals surface area contributed by atoms with Gasteiger partial charge in [0.15, 0.2) is 0 Å². The minimum atomic E-state index is -0.138. The number of amides is 1. The second-order valence-electron chi connectivity index (χ2n) is 4.08. The Morgan fingerprint density at radius 1 is 1.44 bits per heavy atom. The van der Waals surface area contributed by atoms with E-state index in [4.69, 9.17) is 11.6 Å². The third kappa shape index (κ3) is 2.71. The molecule has 0 fully saturated rings. The highest BCUT2D eigenvalue weighted by Crippen LogP contribution is 2.14. The number of hydrogen-bond donors (Lipinski definition) is 1. The molecule has 4 nitrogen and oxygen atoms in total.